The first-order chi connectivity index (χ1) is 18.6. The Balaban J connectivity index is 1.45. The van der Waals surface area contributed by atoms with Crippen molar-refractivity contribution in [2.45, 2.75) is 6.61 Å². The molecule has 0 spiro atoms. The summed E-state index contributed by atoms with van der Waals surface area (Å²) in [5.74, 6) is -0.0603. The maximum Gasteiger partial charge on any atom is 0.264 e. The van der Waals surface area contributed by atoms with Crippen LogP contribution in [0.5, 0.6) is 5.75 Å². The number of hydrogen-bond acceptors (Lipinski definition) is 5. The number of para-hydroxylation sites is 1. The number of ether oxygens (including phenoxy) is 2. The first-order valence-electron chi connectivity index (χ1n) is 12.2. The molecule has 2 heterocycles. The molecule has 4 aromatic rings. The first-order valence-corrected chi connectivity index (χ1v) is 12.2. The van der Waals surface area contributed by atoms with Crippen molar-refractivity contribution >= 4 is 12.0 Å². The normalized spacial score (nSPS) is 13.7. The zero-order chi connectivity index (χ0) is 26.3. The monoisotopic (exact) mass is 508 g/mol. The van der Waals surface area contributed by atoms with E-state index in [4.69, 9.17) is 14.6 Å². The summed E-state index contributed by atoms with van der Waals surface area (Å²) < 4.78 is 26.7. The third-order valence-electron chi connectivity index (χ3n) is 6.19. The molecule has 0 saturated carbocycles. The molecular weight excluding hydrogens is 483 g/mol. The largest absolute Gasteiger partial charge is 0.489 e. The summed E-state index contributed by atoms with van der Waals surface area (Å²) in [5, 5.41) is 14.6. The van der Waals surface area contributed by atoms with Gasteiger partial charge >= 0.3 is 0 Å². The molecular formula is C30H25FN4O3. The molecule has 38 heavy (non-hydrogen) atoms. The molecule has 0 unspecified atom stereocenters. The summed E-state index contributed by atoms with van der Waals surface area (Å²) in [6.07, 6.45) is 3.39. The molecule has 190 valence electrons. The number of rotatable bonds is 7. The lowest BCUT2D eigenvalue weighted by atomic mass is 10.1. The van der Waals surface area contributed by atoms with Gasteiger partial charge in [0.25, 0.3) is 5.91 Å². The Bertz CT molecular complexity index is 1480. The molecule has 7 nitrogen and oxygen atoms in total. The average Bonchev–Trinajstić information content (AvgIpc) is 3.40. The zero-order valence-corrected chi connectivity index (χ0v) is 20.6. The van der Waals surface area contributed by atoms with Crippen LogP contribution in [0, 0.1) is 17.1 Å². The third kappa shape index (κ3) is 5.64. The fourth-order valence-electron chi connectivity index (χ4n) is 4.15. The maximum absolute atomic E-state index is 13.9. The van der Waals surface area contributed by atoms with Crippen LogP contribution in [0.3, 0.4) is 0 Å². The van der Waals surface area contributed by atoms with E-state index in [9.17, 15) is 14.4 Å². The molecule has 1 aromatic heterocycles. The number of morpholine rings is 1. The minimum Gasteiger partial charge on any atom is -0.489 e. The quantitative estimate of drug-likeness (QED) is 0.259. The molecule has 1 fully saturated rings. The Labute approximate surface area is 220 Å². The Hall–Kier alpha value is -4.74. The molecule has 1 amide bonds. The molecule has 0 bridgehead atoms. The van der Waals surface area contributed by atoms with Crippen LogP contribution in [0.1, 0.15) is 11.1 Å². The number of benzene rings is 3. The smallest absolute Gasteiger partial charge is 0.264 e. The van der Waals surface area contributed by atoms with E-state index in [0.29, 0.717) is 48.9 Å². The molecule has 3 aromatic carbocycles. The Kier molecular flexibility index (Phi) is 7.57. The standard InChI is InChI=1S/C30H25FN4O3/c31-28-9-5-4-6-23(28)21-38-27-12-10-22(11-13-27)29-25(20-35(33-29)26-7-2-1-3-8-26)18-24(19-32)30(36)34-14-16-37-17-15-34/h1-13,18,20H,14-17,21H2/b24-18+. The molecule has 8 heteroatoms. The van der Waals surface area contributed by atoms with Crippen LogP contribution >= 0.6 is 0 Å². The van der Waals surface area contributed by atoms with E-state index in [1.54, 1.807) is 52.2 Å². The van der Waals surface area contributed by atoms with E-state index in [2.05, 4.69) is 6.07 Å². The maximum atomic E-state index is 13.9. The summed E-state index contributed by atoms with van der Waals surface area (Å²) in [6, 6.07) is 25.4. The van der Waals surface area contributed by atoms with E-state index in [-0.39, 0.29) is 23.9 Å². The van der Waals surface area contributed by atoms with Crippen molar-refractivity contribution in [3.05, 3.63) is 108 Å². The van der Waals surface area contributed by atoms with E-state index in [1.807, 2.05) is 42.5 Å². The van der Waals surface area contributed by atoms with Gasteiger partial charge in [-0.2, -0.15) is 10.4 Å². The van der Waals surface area contributed by atoms with Crippen LogP contribution in [0.2, 0.25) is 0 Å². The highest BCUT2D eigenvalue weighted by molar-refractivity contribution is 6.02. The number of nitrogens with zero attached hydrogens (tertiary/aromatic N) is 4. The van der Waals surface area contributed by atoms with Crippen molar-refractivity contribution in [3.63, 3.8) is 0 Å². The van der Waals surface area contributed by atoms with Crippen LogP contribution in [0.4, 0.5) is 4.39 Å². The summed E-state index contributed by atoms with van der Waals surface area (Å²) in [7, 11) is 0. The van der Waals surface area contributed by atoms with Gasteiger partial charge in [0.05, 0.1) is 24.6 Å². The predicted molar refractivity (Wildman–Crippen MR) is 141 cm³/mol. The van der Waals surface area contributed by atoms with Crippen LogP contribution in [0.15, 0.2) is 90.6 Å². The second-order valence-corrected chi connectivity index (χ2v) is 8.69. The number of hydrogen-bond donors (Lipinski definition) is 0. The predicted octanol–water partition coefficient (Wildman–Crippen LogP) is 5.02. The topological polar surface area (TPSA) is 80.4 Å². The third-order valence-corrected chi connectivity index (χ3v) is 6.19. The van der Waals surface area contributed by atoms with Gasteiger partial charge in [0.1, 0.15) is 29.8 Å². The second-order valence-electron chi connectivity index (χ2n) is 8.69. The molecule has 0 atom stereocenters. The van der Waals surface area contributed by atoms with Gasteiger partial charge in [0.2, 0.25) is 0 Å². The van der Waals surface area contributed by atoms with Gasteiger partial charge in [-0.3, -0.25) is 4.79 Å². The average molecular weight is 509 g/mol. The SMILES string of the molecule is N#C/C(=C\c1cn(-c2ccccc2)nc1-c1ccc(OCc2ccccc2F)cc1)C(=O)N1CCOCC1. The highest BCUT2D eigenvalue weighted by atomic mass is 19.1. The molecule has 0 aliphatic carbocycles. The van der Waals surface area contributed by atoms with Gasteiger partial charge in [-0.1, -0.05) is 36.4 Å². The van der Waals surface area contributed by atoms with Crippen molar-refractivity contribution in [1.29, 1.82) is 5.26 Å². The Morgan fingerprint density at radius 2 is 1.74 bits per heavy atom. The van der Waals surface area contributed by atoms with Crippen molar-refractivity contribution in [3.8, 4) is 28.8 Å². The summed E-state index contributed by atoms with van der Waals surface area (Å²) in [5.41, 5.74) is 3.37. The number of carbonyl (C=O) groups excluding carboxylic acids is 1. The highest BCUT2D eigenvalue weighted by Gasteiger charge is 2.22. The minimum atomic E-state index is -0.328. The summed E-state index contributed by atoms with van der Waals surface area (Å²) in [4.78, 5) is 14.7. The summed E-state index contributed by atoms with van der Waals surface area (Å²) in [6.45, 7) is 1.91. The van der Waals surface area contributed by atoms with Crippen molar-refractivity contribution < 1.29 is 18.7 Å². The van der Waals surface area contributed by atoms with Crippen molar-refractivity contribution in [2.75, 3.05) is 26.3 Å². The minimum absolute atomic E-state index is 0.0330. The van der Waals surface area contributed by atoms with Crippen molar-refractivity contribution in [1.82, 2.24) is 14.7 Å². The van der Waals surface area contributed by atoms with Gasteiger partial charge in [-0.25, -0.2) is 9.07 Å². The second kappa shape index (κ2) is 11.5. The van der Waals surface area contributed by atoms with Gasteiger partial charge in [0.15, 0.2) is 0 Å². The van der Waals surface area contributed by atoms with E-state index in [0.717, 1.165) is 11.3 Å². The molecule has 0 radical (unpaired) electrons. The van der Waals surface area contributed by atoms with Crippen LogP contribution in [-0.2, 0) is 16.1 Å². The van der Waals surface area contributed by atoms with Gasteiger partial charge in [-0.05, 0) is 48.5 Å². The summed E-state index contributed by atoms with van der Waals surface area (Å²) >= 11 is 0. The molecule has 1 aliphatic heterocycles. The zero-order valence-electron chi connectivity index (χ0n) is 20.6. The van der Waals surface area contributed by atoms with E-state index in [1.165, 1.54) is 6.07 Å². The lowest BCUT2D eigenvalue weighted by Gasteiger charge is -2.26. The van der Waals surface area contributed by atoms with Crippen molar-refractivity contribution in [2.24, 2.45) is 0 Å². The molecule has 0 N–H and O–H groups in total. The number of nitriles is 1. The van der Waals surface area contributed by atoms with Gasteiger partial charge in [-0.15, -0.1) is 0 Å². The van der Waals surface area contributed by atoms with Crippen LogP contribution < -0.4 is 4.74 Å². The Morgan fingerprint density at radius 1 is 1.03 bits per heavy atom. The van der Waals surface area contributed by atoms with Gasteiger partial charge in [0, 0.05) is 36.0 Å². The van der Waals surface area contributed by atoms with Gasteiger partial charge < -0.3 is 14.4 Å². The Morgan fingerprint density at radius 3 is 2.45 bits per heavy atom. The molecule has 5 rings (SSSR count). The van der Waals surface area contributed by atoms with E-state index < -0.39 is 0 Å². The lowest BCUT2D eigenvalue weighted by molar-refractivity contribution is -0.130. The highest BCUT2D eigenvalue weighted by Crippen LogP contribution is 2.28. The molecule has 1 saturated heterocycles. The van der Waals surface area contributed by atoms with Crippen LogP contribution in [0.25, 0.3) is 23.0 Å². The number of carbonyl (C=O) groups is 1. The first kappa shape index (κ1) is 24.9. The van der Waals surface area contributed by atoms with E-state index >= 15 is 0 Å². The van der Waals surface area contributed by atoms with Crippen LogP contribution in [-0.4, -0.2) is 46.9 Å². The fourth-order valence-corrected chi connectivity index (χ4v) is 4.15. The number of aromatic nitrogens is 2. The lowest BCUT2D eigenvalue weighted by Crippen LogP contribution is -2.41. The fraction of sp³-hybridized carbons (Fsp3) is 0.167. The number of amides is 1. The number of halogens is 1. The molecule has 1 aliphatic rings.